The normalized spacial score (nSPS) is 12.9. The smallest absolute Gasteiger partial charge is 0.160 e. The summed E-state index contributed by atoms with van der Waals surface area (Å²) < 4.78 is 0. The van der Waals surface area contributed by atoms with Crippen LogP contribution in [-0.4, -0.2) is 25.4 Å². The predicted molar refractivity (Wildman–Crippen MR) is 128 cm³/mol. The van der Waals surface area contributed by atoms with E-state index >= 15 is 0 Å². The number of amidine groups is 2. The largest absolute Gasteiger partial charge is 0.270 e. The third-order valence-electron chi connectivity index (χ3n) is 3.24. The Balaban J connectivity index is 0.000000769. The van der Waals surface area contributed by atoms with Gasteiger partial charge in [-0.1, -0.05) is 91.6 Å². The van der Waals surface area contributed by atoms with Gasteiger partial charge in [0.2, 0.25) is 0 Å². The van der Waals surface area contributed by atoms with Gasteiger partial charge >= 0.3 is 0 Å². The van der Waals surface area contributed by atoms with E-state index in [-0.39, 0.29) is 0 Å². The molecule has 0 spiro atoms. The molecule has 0 radical (unpaired) electrons. The molecule has 3 nitrogen and oxygen atoms in total. The molecule has 1 aromatic rings. The van der Waals surface area contributed by atoms with Crippen LogP contribution in [0, 0.1) is 0 Å². The molecular formula is C24H28ClN3. The van der Waals surface area contributed by atoms with Gasteiger partial charge in [0.05, 0.1) is 0 Å². The third kappa shape index (κ3) is 9.60. The SMILES string of the molecule is C=C/C=C(C)\C=C/C.C=C/C=C(\C=C)C(N=C)=NC(=NC)c1cccc(Cl)c1. The van der Waals surface area contributed by atoms with E-state index in [0.717, 1.165) is 11.1 Å². The molecule has 28 heavy (non-hydrogen) atoms. The van der Waals surface area contributed by atoms with Gasteiger partial charge in [-0.05, 0) is 32.7 Å². The van der Waals surface area contributed by atoms with Crippen molar-refractivity contribution in [3.05, 3.63) is 108 Å². The molecule has 0 aromatic heterocycles. The van der Waals surface area contributed by atoms with Crippen molar-refractivity contribution < 1.29 is 0 Å². The summed E-state index contributed by atoms with van der Waals surface area (Å²) in [6, 6.07) is 7.30. The average Bonchev–Trinajstić information content (AvgIpc) is 2.68. The first-order chi connectivity index (χ1) is 13.5. The maximum Gasteiger partial charge on any atom is 0.160 e. The number of rotatable bonds is 6. The van der Waals surface area contributed by atoms with Crippen LogP contribution in [0.1, 0.15) is 19.4 Å². The molecule has 0 atom stereocenters. The lowest BCUT2D eigenvalue weighted by atomic mass is 10.2. The monoisotopic (exact) mass is 393 g/mol. The average molecular weight is 394 g/mol. The summed E-state index contributed by atoms with van der Waals surface area (Å²) in [5.74, 6) is 0.951. The van der Waals surface area contributed by atoms with Crippen molar-refractivity contribution in [2.45, 2.75) is 13.8 Å². The molecule has 0 saturated heterocycles. The molecule has 0 aliphatic carbocycles. The molecule has 1 aromatic carbocycles. The number of hydrogen-bond donors (Lipinski definition) is 0. The maximum absolute atomic E-state index is 5.98. The van der Waals surface area contributed by atoms with Crippen LogP contribution in [0.25, 0.3) is 0 Å². The van der Waals surface area contributed by atoms with E-state index in [2.05, 4.69) is 41.4 Å². The van der Waals surface area contributed by atoms with E-state index in [1.807, 2.05) is 44.2 Å². The Bertz CT molecular complexity index is 837. The first-order valence-corrected chi connectivity index (χ1v) is 9.00. The van der Waals surface area contributed by atoms with Crippen LogP contribution in [0.15, 0.2) is 113 Å². The summed E-state index contributed by atoms with van der Waals surface area (Å²) in [5, 5.41) is 0.623. The van der Waals surface area contributed by atoms with Gasteiger partial charge in [-0.3, -0.25) is 4.99 Å². The van der Waals surface area contributed by atoms with Gasteiger partial charge < -0.3 is 0 Å². The van der Waals surface area contributed by atoms with Crippen molar-refractivity contribution in [3.63, 3.8) is 0 Å². The van der Waals surface area contributed by atoms with Crippen molar-refractivity contribution in [3.8, 4) is 0 Å². The van der Waals surface area contributed by atoms with E-state index < -0.39 is 0 Å². The Labute approximate surface area is 174 Å². The standard InChI is InChI=1S/C16H16ClN3.C8H12/c1-5-8-12(6-2)15(18-3)20-16(19-4)13-9-7-10-14(17)11-13;1-4-6-8(3)7-5-2/h5-11H,1-3H2,4H3;4-7H,1H2,2-3H3/b12-8+,19-16?,20-15?;7-5-,8-6-. The molecule has 0 heterocycles. The number of allylic oxidation sites excluding steroid dienone is 7. The van der Waals surface area contributed by atoms with Gasteiger partial charge in [-0.25, -0.2) is 9.98 Å². The number of benzene rings is 1. The quantitative estimate of drug-likeness (QED) is 0.289. The number of hydrogen-bond acceptors (Lipinski definition) is 1. The van der Waals surface area contributed by atoms with Crippen LogP contribution in [0.5, 0.6) is 0 Å². The minimum absolute atomic E-state index is 0.431. The van der Waals surface area contributed by atoms with Crippen molar-refractivity contribution in [1.29, 1.82) is 0 Å². The summed E-state index contributed by atoms with van der Waals surface area (Å²) in [6.45, 7) is 18.5. The molecule has 1 rings (SSSR count). The molecule has 146 valence electrons. The number of aliphatic imine (C=N–C) groups is 3. The Hall–Kier alpha value is -3.04. The zero-order valence-electron chi connectivity index (χ0n) is 16.9. The molecule has 0 saturated carbocycles. The second-order valence-corrected chi connectivity index (χ2v) is 5.80. The zero-order valence-corrected chi connectivity index (χ0v) is 17.7. The molecule has 4 heteroatoms. The lowest BCUT2D eigenvalue weighted by Crippen LogP contribution is -2.05. The van der Waals surface area contributed by atoms with Gasteiger partial charge in [-0.2, -0.15) is 0 Å². The molecule has 0 fully saturated rings. The van der Waals surface area contributed by atoms with Crippen LogP contribution in [0.3, 0.4) is 0 Å². The van der Waals surface area contributed by atoms with Gasteiger partial charge in [-0.15, -0.1) is 0 Å². The van der Waals surface area contributed by atoms with Crippen molar-refractivity contribution in [2.24, 2.45) is 15.0 Å². The Morgan fingerprint density at radius 1 is 1.11 bits per heavy atom. The summed E-state index contributed by atoms with van der Waals surface area (Å²) in [6.07, 6.45) is 12.8. The van der Waals surface area contributed by atoms with Gasteiger partial charge in [0, 0.05) is 23.2 Å². The van der Waals surface area contributed by atoms with Crippen LogP contribution < -0.4 is 0 Å². The van der Waals surface area contributed by atoms with E-state index in [4.69, 9.17) is 11.6 Å². The summed E-state index contributed by atoms with van der Waals surface area (Å²) in [4.78, 5) is 12.5. The molecule has 0 aliphatic rings. The minimum atomic E-state index is 0.431. The third-order valence-corrected chi connectivity index (χ3v) is 3.48. The zero-order chi connectivity index (χ0) is 21.4. The van der Waals surface area contributed by atoms with Crippen molar-refractivity contribution >= 4 is 30.0 Å². The molecule has 0 aliphatic heterocycles. The number of halogens is 1. The molecular weight excluding hydrogens is 366 g/mol. The van der Waals surface area contributed by atoms with Gasteiger partial charge in [0.25, 0.3) is 0 Å². The summed E-state index contributed by atoms with van der Waals surface area (Å²) in [5.41, 5.74) is 2.77. The molecule has 0 unspecified atom stereocenters. The van der Waals surface area contributed by atoms with Crippen LogP contribution in [0.4, 0.5) is 0 Å². The number of nitrogens with zero attached hydrogens (tertiary/aromatic N) is 3. The summed E-state index contributed by atoms with van der Waals surface area (Å²) in [7, 11) is 1.66. The highest BCUT2D eigenvalue weighted by atomic mass is 35.5. The van der Waals surface area contributed by atoms with E-state index in [9.17, 15) is 0 Å². The fourth-order valence-corrected chi connectivity index (χ4v) is 2.22. The van der Waals surface area contributed by atoms with Crippen LogP contribution >= 0.6 is 11.6 Å². The minimum Gasteiger partial charge on any atom is -0.270 e. The summed E-state index contributed by atoms with van der Waals surface area (Å²) >= 11 is 5.98. The highest BCUT2D eigenvalue weighted by molar-refractivity contribution is 6.31. The second kappa shape index (κ2) is 15.1. The van der Waals surface area contributed by atoms with Crippen molar-refractivity contribution in [2.75, 3.05) is 7.05 Å². The van der Waals surface area contributed by atoms with E-state index in [0.29, 0.717) is 16.7 Å². The Kier molecular flexibility index (Phi) is 13.4. The maximum atomic E-state index is 5.98. The molecule has 0 bridgehead atoms. The van der Waals surface area contributed by atoms with E-state index in [1.54, 1.807) is 43.5 Å². The first kappa shape index (κ1) is 25.0. The van der Waals surface area contributed by atoms with E-state index in [1.165, 1.54) is 5.57 Å². The first-order valence-electron chi connectivity index (χ1n) is 8.63. The Morgan fingerprint density at radius 3 is 2.25 bits per heavy atom. The Morgan fingerprint density at radius 2 is 1.79 bits per heavy atom. The lowest BCUT2D eigenvalue weighted by Gasteiger charge is -2.04. The fraction of sp³-hybridized carbons (Fsp3) is 0.125. The van der Waals surface area contributed by atoms with Gasteiger partial charge in [0.15, 0.2) is 11.7 Å². The lowest BCUT2D eigenvalue weighted by molar-refractivity contribution is 1.37. The van der Waals surface area contributed by atoms with Crippen LogP contribution in [0.2, 0.25) is 5.02 Å². The van der Waals surface area contributed by atoms with Crippen molar-refractivity contribution in [1.82, 2.24) is 0 Å². The molecule has 0 N–H and O–H groups in total. The molecule has 0 amide bonds. The fourth-order valence-electron chi connectivity index (χ4n) is 2.03. The predicted octanol–water partition coefficient (Wildman–Crippen LogP) is 6.81. The topological polar surface area (TPSA) is 37.1 Å². The van der Waals surface area contributed by atoms with Crippen LogP contribution in [-0.2, 0) is 0 Å². The highest BCUT2D eigenvalue weighted by Gasteiger charge is 2.06. The second-order valence-electron chi connectivity index (χ2n) is 5.36. The van der Waals surface area contributed by atoms with Gasteiger partial charge in [0.1, 0.15) is 0 Å². The highest BCUT2D eigenvalue weighted by Crippen LogP contribution is 2.13.